The molecule has 0 radical (unpaired) electrons. The number of urea groups is 1. The molecule has 0 spiro atoms. The highest BCUT2D eigenvalue weighted by Gasteiger charge is 2.19. The summed E-state index contributed by atoms with van der Waals surface area (Å²) in [7, 11) is 0. The van der Waals surface area contributed by atoms with Crippen LogP contribution in [0.15, 0.2) is 60.9 Å². The summed E-state index contributed by atoms with van der Waals surface area (Å²) in [5, 5.41) is 15.5. The second-order valence-corrected chi connectivity index (χ2v) is 16.1. The molecule has 0 aliphatic rings. The number of carbonyl (C=O) groups is 1. The predicted octanol–water partition coefficient (Wildman–Crippen LogP) is 10.8. The van der Waals surface area contributed by atoms with Crippen LogP contribution in [-0.2, 0) is 0 Å². The lowest BCUT2D eigenvalue weighted by Crippen LogP contribution is -2.29. The van der Waals surface area contributed by atoms with Gasteiger partial charge in [0.05, 0.1) is 20.1 Å². The molecule has 0 bridgehead atoms. The SMILES string of the molecule is CCN(CC)CCCCNc1ncc2cc(-c3c(Cl)cccc3Cl)c(N)nc2n1.CCNC(=O)Nc1nc2nc(NCCCCN(CC)CC)ncc2cc1-c1c(Cl)cccc1Cl. The van der Waals surface area contributed by atoms with E-state index in [1.807, 2.05) is 19.1 Å². The smallest absolute Gasteiger partial charge is 0.320 e. The number of amides is 2. The Morgan fingerprint density at radius 2 is 1.06 bits per heavy atom. The van der Waals surface area contributed by atoms with Crippen LogP contribution in [0.2, 0.25) is 20.1 Å². The highest BCUT2D eigenvalue weighted by atomic mass is 35.5. The number of aromatic nitrogens is 6. The van der Waals surface area contributed by atoms with E-state index in [2.05, 4.69) is 88.7 Å². The Kier molecular flexibility index (Phi) is 19.4. The van der Waals surface area contributed by atoms with Crippen LogP contribution >= 0.6 is 46.4 Å². The maximum atomic E-state index is 12.3. The van der Waals surface area contributed by atoms with Gasteiger partial charge in [0.15, 0.2) is 11.3 Å². The van der Waals surface area contributed by atoms with E-state index in [0.717, 1.165) is 83.4 Å². The van der Waals surface area contributed by atoms with Crippen molar-refractivity contribution in [3.8, 4) is 22.3 Å². The van der Waals surface area contributed by atoms with Crippen LogP contribution in [0.5, 0.6) is 0 Å². The molecule has 4 aromatic heterocycles. The summed E-state index contributed by atoms with van der Waals surface area (Å²) >= 11 is 25.5. The second kappa shape index (κ2) is 24.9. The molecule has 18 heteroatoms. The van der Waals surface area contributed by atoms with E-state index in [0.29, 0.717) is 89.1 Å². The van der Waals surface area contributed by atoms with E-state index in [1.165, 1.54) is 0 Å². The van der Waals surface area contributed by atoms with Crippen molar-refractivity contribution in [2.24, 2.45) is 0 Å². The minimum Gasteiger partial charge on any atom is -0.383 e. The number of nitrogens with zero attached hydrogens (tertiary/aromatic N) is 8. The first kappa shape index (κ1) is 49.2. The van der Waals surface area contributed by atoms with E-state index in [1.54, 1.807) is 48.8 Å². The molecule has 0 saturated heterocycles. The number of halogens is 4. The zero-order valence-corrected chi connectivity index (χ0v) is 39.6. The van der Waals surface area contributed by atoms with Gasteiger partial charge in [-0.15, -0.1) is 0 Å². The topological polar surface area (TPSA) is 175 Å². The molecule has 0 aliphatic carbocycles. The van der Waals surface area contributed by atoms with Crippen LogP contribution in [0, 0.1) is 0 Å². The molecular formula is C45H57Cl4N13O. The van der Waals surface area contributed by atoms with E-state index < -0.39 is 0 Å². The third-order valence-electron chi connectivity index (χ3n) is 10.4. The summed E-state index contributed by atoms with van der Waals surface area (Å²) in [6, 6.07) is 13.9. The predicted molar refractivity (Wildman–Crippen MR) is 264 cm³/mol. The summed E-state index contributed by atoms with van der Waals surface area (Å²) in [5.41, 5.74) is 9.70. The van der Waals surface area contributed by atoms with Crippen LogP contribution in [0.3, 0.4) is 0 Å². The Balaban J connectivity index is 0.000000240. The van der Waals surface area contributed by atoms with Gasteiger partial charge in [0.1, 0.15) is 11.6 Å². The minimum atomic E-state index is -0.376. The Morgan fingerprint density at radius 3 is 1.52 bits per heavy atom. The molecule has 0 aliphatic heterocycles. The van der Waals surface area contributed by atoms with Crippen LogP contribution < -0.4 is 27.0 Å². The van der Waals surface area contributed by atoms with Crippen molar-refractivity contribution in [2.75, 3.05) is 80.6 Å². The van der Waals surface area contributed by atoms with Gasteiger partial charge < -0.3 is 31.5 Å². The maximum absolute atomic E-state index is 12.3. The highest BCUT2D eigenvalue weighted by Crippen LogP contribution is 2.40. The average Bonchev–Trinajstić information content (AvgIpc) is 3.26. The van der Waals surface area contributed by atoms with Crippen molar-refractivity contribution in [1.29, 1.82) is 0 Å². The average molecular weight is 938 g/mol. The molecule has 2 aromatic carbocycles. The first-order valence-electron chi connectivity index (χ1n) is 21.5. The molecule has 63 heavy (non-hydrogen) atoms. The number of hydrogen-bond donors (Lipinski definition) is 5. The lowest BCUT2D eigenvalue weighted by molar-refractivity contribution is 0.252. The number of anilines is 4. The van der Waals surface area contributed by atoms with Gasteiger partial charge >= 0.3 is 6.03 Å². The molecule has 0 fully saturated rings. The lowest BCUT2D eigenvalue weighted by atomic mass is 10.0. The Hall–Kier alpha value is -4.83. The van der Waals surface area contributed by atoms with Gasteiger partial charge in [0.2, 0.25) is 11.9 Å². The van der Waals surface area contributed by atoms with Crippen molar-refractivity contribution >= 4 is 98.0 Å². The Bertz CT molecular complexity index is 2390. The number of nitrogens with one attached hydrogen (secondary N) is 4. The molecule has 336 valence electrons. The Labute approximate surface area is 390 Å². The molecule has 6 N–H and O–H groups in total. The highest BCUT2D eigenvalue weighted by molar-refractivity contribution is 6.40. The van der Waals surface area contributed by atoms with Gasteiger partial charge in [0, 0.05) is 65.1 Å². The fourth-order valence-electron chi connectivity index (χ4n) is 6.82. The van der Waals surface area contributed by atoms with Gasteiger partial charge in [-0.25, -0.2) is 24.7 Å². The third kappa shape index (κ3) is 13.8. The van der Waals surface area contributed by atoms with Crippen LogP contribution in [0.1, 0.15) is 60.3 Å². The van der Waals surface area contributed by atoms with E-state index >= 15 is 0 Å². The molecular weight excluding hydrogens is 880 g/mol. The van der Waals surface area contributed by atoms with Gasteiger partial charge in [-0.2, -0.15) is 9.97 Å². The number of nitrogens with two attached hydrogens (primary N) is 1. The fourth-order valence-corrected chi connectivity index (χ4v) is 8.02. The maximum Gasteiger partial charge on any atom is 0.320 e. The molecule has 6 rings (SSSR count). The quantitative estimate of drug-likeness (QED) is 0.0459. The van der Waals surface area contributed by atoms with Crippen molar-refractivity contribution in [1.82, 2.24) is 45.0 Å². The molecule has 2 amide bonds. The number of carbonyl (C=O) groups excluding carboxylic acids is 1. The summed E-state index contributed by atoms with van der Waals surface area (Å²) in [6.45, 7) is 19.1. The van der Waals surface area contributed by atoms with Crippen molar-refractivity contribution in [3.05, 3.63) is 81.0 Å². The molecule has 6 aromatic rings. The first-order chi connectivity index (χ1) is 30.5. The minimum absolute atomic E-state index is 0.317. The first-order valence-corrected chi connectivity index (χ1v) is 23.0. The number of rotatable bonds is 20. The molecule has 0 atom stereocenters. The summed E-state index contributed by atoms with van der Waals surface area (Å²) in [5.74, 6) is 1.69. The van der Waals surface area contributed by atoms with Crippen molar-refractivity contribution in [3.63, 3.8) is 0 Å². The molecule has 14 nitrogen and oxygen atoms in total. The summed E-state index contributed by atoms with van der Waals surface area (Å²) in [4.78, 5) is 44.1. The zero-order chi connectivity index (χ0) is 45.3. The van der Waals surface area contributed by atoms with Gasteiger partial charge in [-0.05, 0) is 108 Å². The van der Waals surface area contributed by atoms with E-state index in [-0.39, 0.29) is 6.03 Å². The number of fused-ring (bicyclic) bond motifs is 2. The van der Waals surface area contributed by atoms with E-state index in [4.69, 9.17) is 52.1 Å². The fraction of sp³-hybridized carbons (Fsp3) is 0.400. The number of hydrogen-bond acceptors (Lipinski definition) is 12. The molecule has 4 heterocycles. The van der Waals surface area contributed by atoms with E-state index in [9.17, 15) is 4.79 Å². The second-order valence-electron chi connectivity index (χ2n) is 14.5. The number of unbranched alkanes of at least 4 members (excludes halogenated alkanes) is 2. The normalized spacial score (nSPS) is 11.2. The van der Waals surface area contributed by atoms with Gasteiger partial charge in [0.25, 0.3) is 0 Å². The summed E-state index contributed by atoms with van der Waals surface area (Å²) < 4.78 is 0. The Morgan fingerprint density at radius 1 is 0.619 bits per heavy atom. The van der Waals surface area contributed by atoms with Crippen LogP contribution in [0.25, 0.3) is 44.3 Å². The largest absolute Gasteiger partial charge is 0.383 e. The standard InChI is InChI=1S/C24H31Cl2N7O.C21H26Cl2N6/c1-4-27-24(34)32-22-17(20-18(25)10-9-11-19(20)26)14-16-15-29-23(31-21(16)30-22)28-12-7-8-13-33(5-2)6-3;1-3-29(4-2)11-6-5-10-25-21-26-13-14-12-15(19(24)27-20(14)28-21)18-16(22)8-7-9-17(18)23/h9-11,14-15H,4-8,12-13H2,1-3H3,(H3,27,28,29,30,31,32,34);7-9,12-13H,3-6,10-11H2,1-2H3,(H3,24,25,26,27,28). The number of nitrogen functional groups attached to an aromatic ring is 1. The van der Waals surface area contributed by atoms with Gasteiger partial charge in [-0.3, -0.25) is 5.32 Å². The lowest BCUT2D eigenvalue weighted by Gasteiger charge is -2.17. The van der Waals surface area contributed by atoms with Crippen molar-refractivity contribution < 1.29 is 4.79 Å². The number of pyridine rings is 2. The van der Waals surface area contributed by atoms with Crippen molar-refractivity contribution in [2.45, 2.75) is 60.3 Å². The van der Waals surface area contributed by atoms with Crippen LogP contribution in [0.4, 0.5) is 28.3 Å². The van der Waals surface area contributed by atoms with Crippen LogP contribution in [-0.4, -0.2) is 105 Å². The third-order valence-corrected chi connectivity index (χ3v) is 11.6. The molecule has 0 saturated carbocycles. The number of benzene rings is 2. The molecule has 0 unspecified atom stereocenters. The monoisotopic (exact) mass is 935 g/mol. The summed E-state index contributed by atoms with van der Waals surface area (Å²) in [6.07, 6.45) is 7.74. The zero-order valence-electron chi connectivity index (χ0n) is 36.5. The van der Waals surface area contributed by atoms with Gasteiger partial charge in [-0.1, -0.05) is 86.2 Å².